The van der Waals surface area contributed by atoms with Gasteiger partial charge in [-0.2, -0.15) is 0 Å². The lowest BCUT2D eigenvalue weighted by Crippen LogP contribution is -1.94. The quantitative estimate of drug-likeness (QED) is 0.379. The van der Waals surface area contributed by atoms with Crippen LogP contribution in [-0.4, -0.2) is 4.98 Å². The molecule has 1 heterocycles. The molecule has 0 aliphatic carbocycles. The van der Waals surface area contributed by atoms with E-state index < -0.39 is 0 Å². The van der Waals surface area contributed by atoms with Gasteiger partial charge in [0, 0.05) is 12.6 Å². The molecular weight excluding hydrogens is 285 g/mol. The van der Waals surface area contributed by atoms with E-state index in [1.54, 1.807) is 6.08 Å². The Morgan fingerprint density at radius 2 is 2.00 bits per heavy atom. The number of nitrogens with zero attached hydrogens (tertiary/aromatic N) is 1. The standard InChI is InChI=1S/C21H30FN/c1-6-7-8-9-10-20(21-12-11-17(4)15-23-21)18(5)14-19(22)13-16(2)3/h7-8,11-12,14-16H,6,9-10,13H2,1-5H3/b8-7?,19-14+,20-18+. The summed E-state index contributed by atoms with van der Waals surface area (Å²) in [5, 5.41) is 0. The van der Waals surface area contributed by atoms with E-state index in [0.29, 0.717) is 12.3 Å². The number of halogens is 1. The molecular formula is C21H30FN. The van der Waals surface area contributed by atoms with Gasteiger partial charge in [-0.25, -0.2) is 4.39 Å². The summed E-state index contributed by atoms with van der Waals surface area (Å²) in [6.07, 6.45) is 11.3. The molecule has 0 N–H and O–H groups in total. The minimum atomic E-state index is -0.0498. The summed E-state index contributed by atoms with van der Waals surface area (Å²) < 4.78 is 14.1. The van der Waals surface area contributed by atoms with Crippen molar-refractivity contribution in [3.63, 3.8) is 0 Å². The van der Waals surface area contributed by atoms with Gasteiger partial charge in [-0.1, -0.05) is 39.0 Å². The second-order valence-corrected chi connectivity index (χ2v) is 6.49. The molecule has 1 nitrogen and oxygen atoms in total. The Hall–Kier alpha value is -1.70. The van der Waals surface area contributed by atoms with E-state index in [0.717, 1.165) is 41.7 Å². The Kier molecular flexibility index (Phi) is 8.53. The maximum atomic E-state index is 14.1. The van der Waals surface area contributed by atoms with Gasteiger partial charge >= 0.3 is 0 Å². The normalized spacial score (nSPS) is 13.8. The molecule has 0 aliphatic heterocycles. The Morgan fingerprint density at radius 1 is 1.26 bits per heavy atom. The summed E-state index contributed by atoms with van der Waals surface area (Å²) in [6.45, 7) is 10.2. The van der Waals surface area contributed by atoms with Crippen LogP contribution in [0.2, 0.25) is 0 Å². The zero-order chi connectivity index (χ0) is 17.2. The average molecular weight is 315 g/mol. The Labute approximate surface area is 141 Å². The van der Waals surface area contributed by atoms with Crippen LogP contribution < -0.4 is 0 Å². The summed E-state index contributed by atoms with van der Waals surface area (Å²) in [7, 11) is 0. The van der Waals surface area contributed by atoms with Gasteiger partial charge in [0.2, 0.25) is 0 Å². The molecule has 2 heteroatoms. The van der Waals surface area contributed by atoms with Crippen molar-refractivity contribution in [3.8, 4) is 0 Å². The van der Waals surface area contributed by atoms with E-state index >= 15 is 0 Å². The predicted molar refractivity (Wildman–Crippen MR) is 98.9 cm³/mol. The highest BCUT2D eigenvalue weighted by Gasteiger charge is 2.08. The first kappa shape index (κ1) is 19.3. The van der Waals surface area contributed by atoms with Crippen LogP contribution in [0.15, 0.2) is 48.0 Å². The summed E-state index contributed by atoms with van der Waals surface area (Å²) in [6, 6.07) is 4.09. The number of hydrogen-bond acceptors (Lipinski definition) is 1. The van der Waals surface area contributed by atoms with Crippen molar-refractivity contribution < 1.29 is 4.39 Å². The van der Waals surface area contributed by atoms with Crippen LogP contribution in [0.25, 0.3) is 5.57 Å². The van der Waals surface area contributed by atoms with Crippen molar-refractivity contribution in [1.29, 1.82) is 0 Å². The second kappa shape index (κ2) is 10.1. The Morgan fingerprint density at radius 3 is 2.57 bits per heavy atom. The number of aromatic nitrogens is 1. The van der Waals surface area contributed by atoms with Gasteiger partial charge < -0.3 is 0 Å². The van der Waals surface area contributed by atoms with Crippen molar-refractivity contribution in [2.75, 3.05) is 0 Å². The zero-order valence-electron chi connectivity index (χ0n) is 15.2. The SMILES string of the molecule is CCC=CCC/C(=C(C)\C=C(\F)CC(C)C)c1ccc(C)cn1. The third kappa shape index (κ3) is 7.40. The number of allylic oxidation sites excluding steroid dienone is 6. The van der Waals surface area contributed by atoms with Crippen LogP contribution in [0, 0.1) is 12.8 Å². The van der Waals surface area contributed by atoms with Crippen LogP contribution in [0.3, 0.4) is 0 Å². The van der Waals surface area contributed by atoms with Crippen LogP contribution >= 0.6 is 0 Å². The van der Waals surface area contributed by atoms with Crippen LogP contribution in [0.1, 0.15) is 64.6 Å². The molecule has 0 atom stereocenters. The van der Waals surface area contributed by atoms with E-state index in [1.165, 1.54) is 0 Å². The lowest BCUT2D eigenvalue weighted by atomic mass is 9.98. The highest BCUT2D eigenvalue weighted by atomic mass is 19.1. The van der Waals surface area contributed by atoms with Gasteiger partial charge in [0.25, 0.3) is 0 Å². The molecule has 0 bridgehead atoms. The molecule has 0 spiro atoms. The fourth-order valence-electron chi connectivity index (χ4n) is 2.46. The van der Waals surface area contributed by atoms with Crippen molar-refractivity contribution in [2.45, 2.75) is 60.3 Å². The number of rotatable bonds is 8. The molecule has 0 unspecified atom stereocenters. The lowest BCUT2D eigenvalue weighted by molar-refractivity contribution is 0.515. The first-order valence-electron chi connectivity index (χ1n) is 8.57. The molecule has 1 aromatic rings. The number of pyridine rings is 1. The fraction of sp³-hybridized carbons (Fsp3) is 0.476. The van der Waals surface area contributed by atoms with E-state index in [4.69, 9.17) is 0 Å². The number of hydrogen-bond donors (Lipinski definition) is 0. The molecule has 23 heavy (non-hydrogen) atoms. The minimum absolute atomic E-state index is 0.0498. The molecule has 126 valence electrons. The lowest BCUT2D eigenvalue weighted by Gasteiger charge is -2.10. The highest BCUT2D eigenvalue weighted by Crippen LogP contribution is 2.25. The maximum absolute atomic E-state index is 14.1. The molecule has 1 aromatic heterocycles. The molecule has 1 rings (SSSR count). The topological polar surface area (TPSA) is 12.9 Å². The molecule has 0 radical (unpaired) electrons. The van der Waals surface area contributed by atoms with E-state index in [2.05, 4.69) is 30.1 Å². The van der Waals surface area contributed by atoms with Gasteiger partial charge in [0.05, 0.1) is 5.69 Å². The van der Waals surface area contributed by atoms with Crippen LogP contribution in [0.5, 0.6) is 0 Å². The Bertz CT molecular complexity index is 562. The van der Waals surface area contributed by atoms with Gasteiger partial charge in [0.1, 0.15) is 5.83 Å². The van der Waals surface area contributed by atoms with E-state index in [9.17, 15) is 4.39 Å². The molecule has 0 amide bonds. The summed E-state index contributed by atoms with van der Waals surface area (Å²) in [4.78, 5) is 4.53. The van der Waals surface area contributed by atoms with Crippen LogP contribution in [0.4, 0.5) is 4.39 Å². The summed E-state index contributed by atoms with van der Waals surface area (Å²) >= 11 is 0. The van der Waals surface area contributed by atoms with Crippen molar-refractivity contribution in [2.24, 2.45) is 5.92 Å². The largest absolute Gasteiger partial charge is 0.256 e. The van der Waals surface area contributed by atoms with Gasteiger partial charge in [-0.3, -0.25) is 4.98 Å². The zero-order valence-corrected chi connectivity index (χ0v) is 15.2. The Balaban J connectivity index is 3.07. The van der Waals surface area contributed by atoms with Crippen molar-refractivity contribution in [3.05, 3.63) is 59.2 Å². The fourth-order valence-corrected chi connectivity index (χ4v) is 2.46. The third-order valence-corrected chi connectivity index (χ3v) is 3.64. The second-order valence-electron chi connectivity index (χ2n) is 6.49. The first-order valence-corrected chi connectivity index (χ1v) is 8.57. The maximum Gasteiger partial charge on any atom is 0.100 e. The summed E-state index contributed by atoms with van der Waals surface area (Å²) in [5.74, 6) is 0.277. The smallest absolute Gasteiger partial charge is 0.100 e. The molecule has 0 saturated carbocycles. The van der Waals surface area contributed by atoms with Crippen molar-refractivity contribution in [1.82, 2.24) is 4.98 Å². The van der Waals surface area contributed by atoms with E-state index in [1.807, 2.05) is 40.0 Å². The summed E-state index contributed by atoms with van der Waals surface area (Å²) in [5.41, 5.74) is 4.19. The van der Waals surface area contributed by atoms with Gasteiger partial charge in [0.15, 0.2) is 0 Å². The van der Waals surface area contributed by atoms with Crippen LogP contribution in [-0.2, 0) is 0 Å². The molecule has 0 fully saturated rings. The minimum Gasteiger partial charge on any atom is -0.256 e. The van der Waals surface area contributed by atoms with Gasteiger partial charge in [-0.05, 0) is 67.9 Å². The average Bonchev–Trinajstić information content (AvgIpc) is 2.47. The first-order chi connectivity index (χ1) is 10.9. The molecule has 0 saturated heterocycles. The predicted octanol–water partition coefficient (Wildman–Crippen LogP) is 6.81. The molecule has 0 aliphatic rings. The third-order valence-electron chi connectivity index (χ3n) is 3.64. The van der Waals surface area contributed by atoms with E-state index in [-0.39, 0.29) is 5.83 Å². The highest BCUT2D eigenvalue weighted by molar-refractivity contribution is 5.68. The van der Waals surface area contributed by atoms with Gasteiger partial charge in [-0.15, -0.1) is 0 Å². The monoisotopic (exact) mass is 315 g/mol. The number of aryl methyl sites for hydroxylation is 1. The van der Waals surface area contributed by atoms with Crippen molar-refractivity contribution >= 4 is 5.57 Å². The molecule has 0 aromatic carbocycles.